The Balaban J connectivity index is 2.32. The first-order valence-corrected chi connectivity index (χ1v) is 5.47. The second-order valence-electron chi connectivity index (χ2n) is 3.96. The lowest BCUT2D eigenvalue weighted by atomic mass is 9.92. The predicted octanol–water partition coefficient (Wildman–Crippen LogP) is 3.52. The van der Waals surface area contributed by atoms with Crippen molar-refractivity contribution >= 4 is 0 Å². The largest absolute Gasteiger partial charge is 0.366 e. The molecule has 0 spiro atoms. The maximum Gasteiger partial charge on any atom is 0.0948 e. The lowest BCUT2D eigenvalue weighted by molar-refractivity contribution is 0.262. The van der Waals surface area contributed by atoms with Crippen molar-refractivity contribution in [3.05, 3.63) is 0 Å². The SMILES string of the molecule is CCCC1OC1(CCC)CCC. The minimum Gasteiger partial charge on any atom is -0.366 e. The van der Waals surface area contributed by atoms with Gasteiger partial charge >= 0.3 is 0 Å². The first kappa shape index (κ1) is 10.0. The highest BCUT2D eigenvalue weighted by Crippen LogP contribution is 2.46. The van der Waals surface area contributed by atoms with E-state index in [2.05, 4.69) is 20.8 Å². The highest BCUT2D eigenvalue weighted by atomic mass is 16.6. The maximum absolute atomic E-state index is 5.83. The molecule has 0 aromatic rings. The molecule has 1 aliphatic heterocycles. The zero-order valence-electron chi connectivity index (χ0n) is 8.73. The molecule has 0 saturated carbocycles. The van der Waals surface area contributed by atoms with Crippen molar-refractivity contribution in [2.75, 3.05) is 0 Å². The Bertz CT molecular complexity index is 125. The normalized spacial score (nSPS) is 25.8. The van der Waals surface area contributed by atoms with E-state index in [1.54, 1.807) is 0 Å². The third-order valence-corrected chi connectivity index (χ3v) is 2.80. The molecule has 1 atom stereocenters. The molecule has 1 fully saturated rings. The molecule has 0 bridgehead atoms. The zero-order chi connectivity index (χ0) is 9.03. The summed E-state index contributed by atoms with van der Waals surface area (Å²) in [5.74, 6) is 0. The summed E-state index contributed by atoms with van der Waals surface area (Å²) in [5.41, 5.74) is 0.319. The Morgan fingerprint density at radius 2 is 1.58 bits per heavy atom. The van der Waals surface area contributed by atoms with E-state index in [1.807, 2.05) is 0 Å². The molecule has 0 aromatic carbocycles. The number of ether oxygens (including phenoxy) is 1. The second-order valence-corrected chi connectivity index (χ2v) is 3.96. The fraction of sp³-hybridized carbons (Fsp3) is 1.00. The van der Waals surface area contributed by atoms with Gasteiger partial charge in [0.25, 0.3) is 0 Å². The number of hydrogen-bond donors (Lipinski definition) is 0. The van der Waals surface area contributed by atoms with E-state index in [1.165, 1.54) is 38.5 Å². The highest BCUT2D eigenvalue weighted by Gasteiger charge is 2.53. The van der Waals surface area contributed by atoms with Gasteiger partial charge in [-0.25, -0.2) is 0 Å². The van der Waals surface area contributed by atoms with Gasteiger partial charge in [0.05, 0.1) is 11.7 Å². The molecule has 0 radical (unpaired) electrons. The Hall–Kier alpha value is -0.0400. The van der Waals surface area contributed by atoms with Crippen molar-refractivity contribution in [1.82, 2.24) is 0 Å². The lowest BCUT2D eigenvalue weighted by Gasteiger charge is -2.09. The molecule has 1 heteroatoms. The molecule has 0 aliphatic carbocycles. The van der Waals surface area contributed by atoms with Gasteiger partial charge in [0.15, 0.2) is 0 Å². The number of epoxide rings is 1. The third-order valence-electron chi connectivity index (χ3n) is 2.80. The molecule has 72 valence electrons. The quantitative estimate of drug-likeness (QED) is 0.556. The smallest absolute Gasteiger partial charge is 0.0948 e. The summed E-state index contributed by atoms with van der Waals surface area (Å²) >= 11 is 0. The Kier molecular flexibility index (Phi) is 3.57. The standard InChI is InChI=1S/C11H22O/c1-4-7-10-11(12-10,8-5-2)9-6-3/h10H,4-9H2,1-3H3. The molecule has 12 heavy (non-hydrogen) atoms. The van der Waals surface area contributed by atoms with Crippen LogP contribution in [0.15, 0.2) is 0 Å². The average Bonchev–Trinajstić information content (AvgIpc) is 2.66. The highest BCUT2D eigenvalue weighted by molar-refractivity contribution is 5.01. The van der Waals surface area contributed by atoms with Gasteiger partial charge in [-0.2, -0.15) is 0 Å². The summed E-state index contributed by atoms with van der Waals surface area (Å²) in [4.78, 5) is 0. The van der Waals surface area contributed by atoms with Gasteiger partial charge in [0.2, 0.25) is 0 Å². The minimum atomic E-state index is 0.319. The van der Waals surface area contributed by atoms with Crippen LogP contribution < -0.4 is 0 Å². The molecule has 0 N–H and O–H groups in total. The van der Waals surface area contributed by atoms with Crippen molar-refractivity contribution in [3.8, 4) is 0 Å². The molecular weight excluding hydrogens is 148 g/mol. The molecule has 1 aliphatic rings. The summed E-state index contributed by atoms with van der Waals surface area (Å²) < 4.78 is 5.83. The van der Waals surface area contributed by atoms with E-state index < -0.39 is 0 Å². The lowest BCUT2D eigenvalue weighted by Crippen LogP contribution is -2.14. The summed E-state index contributed by atoms with van der Waals surface area (Å²) in [6.45, 7) is 6.74. The summed E-state index contributed by atoms with van der Waals surface area (Å²) in [5, 5.41) is 0. The fourth-order valence-electron chi connectivity index (χ4n) is 2.24. The van der Waals surface area contributed by atoms with E-state index in [0.717, 1.165) is 0 Å². The first-order valence-electron chi connectivity index (χ1n) is 5.47. The van der Waals surface area contributed by atoms with Gasteiger partial charge in [0, 0.05) is 0 Å². The summed E-state index contributed by atoms with van der Waals surface area (Å²) in [6, 6.07) is 0. The van der Waals surface area contributed by atoms with E-state index in [-0.39, 0.29) is 0 Å². The molecule has 1 rings (SSSR count). The van der Waals surface area contributed by atoms with Crippen molar-refractivity contribution in [3.63, 3.8) is 0 Å². The monoisotopic (exact) mass is 170 g/mol. The zero-order valence-corrected chi connectivity index (χ0v) is 8.73. The van der Waals surface area contributed by atoms with Gasteiger partial charge in [-0.15, -0.1) is 0 Å². The molecular formula is C11H22O. The summed E-state index contributed by atoms with van der Waals surface area (Å²) in [7, 11) is 0. The van der Waals surface area contributed by atoms with Gasteiger partial charge in [-0.1, -0.05) is 40.0 Å². The Morgan fingerprint density at radius 3 is 2.00 bits per heavy atom. The van der Waals surface area contributed by atoms with Crippen LogP contribution >= 0.6 is 0 Å². The van der Waals surface area contributed by atoms with Crippen LogP contribution in [-0.2, 0) is 4.74 Å². The van der Waals surface area contributed by atoms with E-state index in [4.69, 9.17) is 4.74 Å². The number of hydrogen-bond acceptors (Lipinski definition) is 1. The van der Waals surface area contributed by atoms with Crippen LogP contribution in [0, 0.1) is 0 Å². The maximum atomic E-state index is 5.83. The van der Waals surface area contributed by atoms with E-state index in [0.29, 0.717) is 11.7 Å². The van der Waals surface area contributed by atoms with Gasteiger partial charge < -0.3 is 4.74 Å². The van der Waals surface area contributed by atoms with Gasteiger partial charge in [0.1, 0.15) is 0 Å². The Morgan fingerprint density at radius 1 is 1.00 bits per heavy atom. The van der Waals surface area contributed by atoms with Crippen LogP contribution in [0.25, 0.3) is 0 Å². The van der Waals surface area contributed by atoms with Crippen molar-refractivity contribution in [2.45, 2.75) is 71.0 Å². The molecule has 1 unspecified atom stereocenters. The third kappa shape index (κ3) is 2.01. The minimum absolute atomic E-state index is 0.319. The second kappa shape index (κ2) is 4.27. The van der Waals surface area contributed by atoms with Gasteiger partial charge in [-0.3, -0.25) is 0 Å². The van der Waals surface area contributed by atoms with Crippen molar-refractivity contribution < 1.29 is 4.74 Å². The topological polar surface area (TPSA) is 12.5 Å². The van der Waals surface area contributed by atoms with Crippen LogP contribution in [0.5, 0.6) is 0 Å². The van der Waals surface area contributed by atoms with Crippen molar-refractivity contribution in [2.24, 2.45) is 0 Å². The van der Waals surface area contributed by atoms with Crippen molar-refractivity contribution in [1.29, 1.82) is 0 Å². The molecule has 1 heterocycles. The fourth-order valence-corrected chi connectivity index (χ4v) is 2.24. The molecule has 0 aromatic heterocycles. The van der Waals surface area contributed by atoms with E-state index in [9.17, 15) is 0 Å². The summed E-state index contributed by atoms with van der Waals surface area (Å²) in [6.07, 6.45) is 8.19. The van der Waals surface area contributed by atoms with Crippen LogP contribution in [-0.4, -0.2) is 11.7 Å². The van der Waals surface area contributed by atoms with Gasteiger partial charge in [-0.05, 0) is 19.3 Å². The molecule has 0 amide bonds. The van der Waals surface area contributed by atoms with Crippen LogP contribution in [0.3, 0.4) is 0 Å². The van der Waals surface area contributed by atoms with Crippen LogP contribution in [0.4, 0.5) is 0 Å². The average molecular weight is 170 g/mol. The van der Waals surface area contributed by atoms with Crippen LogP contribution in [0.1, 0.15) is 59.3 Å². The number of rotatable bonds is 6. The molecule has 1 saturated heterocycles. The molecule has 1 nitrogen and oxygen atoms in total. The predicted molar refractivity (Wildman–Crippen MR) is 52.3 cm³/mol. The first-order chi connectivity index (χ1) is 5.79. The Labute approximate surface area is 76.5 Å². The van der Waals surface area contributed by atoms with E-state index >= 15 is 0 Å². The van der Waals surface area contributed by atoms with Crippen LogP contribution in [0.2, 0.25) is 0 Å².